The van der Waals surface area contributed by atoms with Crippen molar-refractivity contribution in [2.45, 2.75) is 118 Å². The Balaban J connectivity index is 1.74. The molecule has 0 saturated carbocycles. The van der Waals surface area contributed by atoms with Gasteiger partial charge in [-0.05, 0) is 41.9 Å². The molecule has 1 aliphatic heterocycles. The summed E-state index contributed by atoms with van der Waals surface area (Å²) in [6.07, 6.45) is 13.6. The molecule has 2 rings (SSSR count). The van der Waals surface area contributed by atoms with Gasteiger partial charge in [0.05, 0.1) is 0 Å². The van der Waals surface area contributed by atoms with Crippen LogP contribution in [0.3, 0.4) is 0 Å². The van der Waals surface area contributed by atoms with Gasteiger partial charge in [0.25, 0.3) is 0 Å². The average Bonchev–Trinajstić information content (AvgIpc) is 2.90. The fourth-order valence-electron chi connectivity index (χ4n) is 5.87. The lowest BCUT2D eigenvalue weighted by molar-refractivity contribution is -0.133. The molecule has 0 aliphatic carbocycles. The molecule has 5 nitrogen and oxygen atoms in total. The normalized spacial score (nSPS) is 15.3. The molecule has 1 unspecified atom stereocenters. The summed E-state index contributed by atoms with van der Waals surface area (Å²) >= 11 is 0. The summed E-state index contributed by atoms with van der Waals surface area (Å²) in [5.74, 6) is 0.508. The third-order valence-electron chi connectivity index (χ3n) is 8.03. The summed E-state index contributed by atoms with van der Waals surface area (Å²) < 4.78 is 13.4. The second kappa shape index (κ2) is 18.5. The number of amides is 2. The van der Waals surface area contributed by atoms with Crippen LogP contribution in [-0.2, 0) is 16.1 Å². The molecular formula is C34H58FN3O2. The fourth-order valence-corrected chi connectivity index (χ4v) is 5.87. The van der Waals surface area contributed by atoms with Crippen molar-refractivity contribution < 1.29 is 14.0 Å². The fraction of sp³-hybridized carbons (Fsp3) is 0.765. The van der Waals surface area contributed by atoms with Crippen LogP contribution in [-0.4, -0.2) is 65.8 Å². The zero-order valence-corrected chi connectivity index (χ0v) is 26.4. The van der Waals surface area contributed by atoms with Crippen LogP contribution in [0.4, 0.5) is 4.39 Å². The smallest absolute Gasteiger partial charge is 0.223 e. The van der Waals surface area contributed by atoms with Gasteiger partial charge in [0.1, 0.15) is 5.82 Å². The maximum absolute atomic E-state index is 13.4. The van der Waals surface area contributed by atoms with Gasteiger partial charge in [-0.25, -0.2) is 4.39 Å². The van der Waals surface area contributed by atoms with E-state index in [1.54, 1.807) is 12.1 Å². The van der Waals surface area contributed by atoms with Gasteiger partial charge in [0.15, 0.2) is 0 Å². The van der Waals surface area contributed by atoms with Gasteiger partial charge < -0.3 is 9.80 Å². The molecule has 0 radical (unpaired) electrons. The Morgan fingerprint density at radius 2 is 1.48 bits per heavy atom. The van der Waals surface area contributed by atoms with Crippen LogP contribution in [0.1, 0.15) is 117 Å². The van der Waals surface area contributed by atoms with Crippen molar-refractivity contribution >= 4 is 11.8 Å². The molecule has 0 aromatic heterocycles. The molecule has 6 heteroatoms. The Kier molecular flexibility index (Phi) is 15.8. The minimum atomic E-state index is -0.259. The molecule has 1 atom stereocenters. The van der Waals surface area contributed by atoms with Crippen molar-refractivity contribution in [1.29, 1.82) is 0 Å². The lowest BCUT2D eigenvalue weighted by Crippen LogP contribution is -2.50. The quantitative estimate of drug-likeness (QED) is 0.173. The van der Waals surface area contributed by atoms with Crippen molar-refractivity contribution in [3.63, 3.8) is 0 Å². The molecule has 1 fully saturated rings. The average molecular weight is 560 g/mol. The van der Waals surface area contributed by atoms with E-state index in [0.717, 1.165) is 57.5 Å². The van der Waals surface area contributed by atoms with Gasteiger partial charge in [-0.15, -0.1) is 0 Å². The van der Waals surface area contributed by atoms with Gasteiger partial charge in [0.2, 0.25) is 11.8 Å². The summed E-state index contributed by atoms with van der Waals surface area (Å²) in [5.41, 5.74) is 1.14. The van der Waals surface area contributed by atoms with E-state index in [-0.39, 0.29) is 17.1 Å². The van der Waals surface area contributed by atoms with Crippen LogP contribution < -0.4 is 0 Å². The van der Waals surface area contributed by atoms with Crippen LogP contribution in [0.15, 0.2) is 24.3 Å². The van der Waals surface area contributed by atoms with Crippen molar-refractivity contribution in [3.05, 3.63) is 35.6 Å². The third-order valence-corrected chi connectivity index (χ3v) is 8.03. The Morgan fingerprint density at radius 3 is 2.05 bits per heavy atom. The Hall–Kier alpha value is -1.95. The summed E-state index contributed by atoms with van der Waals surface area (Å²) in [6.45, 7) is 16.2. The predicted octanol–water partition coefficient (Wildman–Crippen LogP) is 7.68. The van der Waals surface area contributed by atoms with Crippen LogP contribution in [0.25, 0.3) is 0 Å². The number of hydrogen-bond acceptors (Lipinski definition) is 3. The molecule has 0 spiro atoms. The van der Waals surface area contributed by atoms with Crippen molar-refractivity contribution in [2.75, 3.05) is 39.3 Å². The van der Waals surface area contributed by atoms with Gasteiger partial charge in [-0.1, -0.05) is 98.1 Å². The largest absolute Gasteiger partial charge is 0.340 e. The standard InChI is InChI=1S/C34H58FN3O2/c1-6-7-8-9-10-11-12-13-14-15-32(39)37-23-20-36(21-24-37)22-25-38(28-30-16-18-31(35)19-17-30)33(40)26-29(2)27-34(3,4)5/h16-19,29H,6-15,20-28H2,1-5H3. The minimum Gasteiger partial charge on any atom is -0.340 e. The SMILES string of the molecule is CCCCCCCCCCCC(=O)N1CCN(CCN(Cc2ccc(F)cc2)C(=O)CC(C)CC(C)(C)C)CC1. The number of carbonyl (C=O) groups is 2. The van der Waals surface area contributed by atoms with Crippen molar-refractivity contribution in [3.8, 4) is 0 Å². The van der Waals surface area contributed by atoms with E-state index in [1.165, 1.54) is 57.1 Å². The zero-order valence-electron chi connectivity index (χ0n) is 26.4. The summed E-state index contributed by atoms with van der Waals surface area (Å²) in [5, 5.41) is 0. The highest BCUT2D eigenvalue weighted by Crippen LogP contribution is 2.26. The number of nitrogens with zero attached hydrogens (tertiary/aromatic N) is 3. The molecule has 0 bridgehead atoms. The third kappa shape index (κ3) is 14.6. The first kappa shape index (κ1) is 34.3. The minimum absolute atomic E-state index is 0.163. The summed E-state index contributed by atoms with van der Waals surface area (Å²) in [6, 6.07) is 6.47. The molecule has 228 valence electrons. The number of carbonyl (C=O) groups excluding carboxylic acids is 2. The maximum Gasteiger partial charge on any atom is 0.223 e. The van der Waals surface area contributed by atoms with Crippen molar-refractivity contribution in [1.82, 2.24) is 14.7 Å². The van der Waals surface area contributed by atoms with Crippen LogP contribution in [0.2, 0.25) is 0 Å². The Morgan fingerprint density at radius 1 is 0.900 bits per heavy atom. The van der Waals surface area contributed by atoms with E-state index in [4.69, 9.17) is 0 Å². The number of benzene rings is 1. The van der Waals surface area contributed by atoms with Gasteiger partial charge >= 0.3 is 0 Å². The first-order valence-electron chi connectivity index (χ1n) is 16.1. The molecule has 1 heterocycles. The highest BCUT2D eigenvalue weighted by Gasteiger charge is 2.24. The van der Waals surface area contributed by atoms with Crippen LogP contribution in [0.5, 0.6) is 0 Å². The van der Waals surface area contributed by atoms with E-state index >= 15 is 0 Å². The van der Waals surface area contributed by atoms with Crippen LogP contribution in [0, 0.1) is 17.2 Å². The van der Waals surface area contributed by atoms with E-state index in [1.807, 2.05) is 9.80 Å². The van der Waals surface area contributed by atoms with Crippen LogP contribution >= 0.6 is 0 Å². The topological polar surface area (TPSA) is 43.9 Å². The number of rotatable bonds is 18. The molecule has 1 saturated heterocycles. The number of halogens is 1. The summed E-state index contributed by atoms with van der Waals surface area (Å²) in [4.78, 5) is 32.4. The zero-order chi connectivity index (χ0) is 29.4. The van der Waals surface area contributed by atoms with Gasteiger partial charge in [-0.2, -0.15) is 0 Å². The van der Waals surface area contributed by atoms with E-state index in [9.17, 15) is 14.0 Å². The number of piperazine rings is 1. The molecule has 1 aromatic rings. The molecular weight excluding hydrogens is 501 g/mol. The summed E-state index contributed by atoms with van der Waals surface area (Å²) in [7, 11) is 0. The van der Waals surface area contributed by atoms with Crippen molar-refractivity contribution in [2.24, 2.45) is 11.3 Å². The van der Waals surface area contributed by atoms with Gasteiger partial charge in [0, 0.05) is 58.7 Å². The lowest BCUT2D eigenvalue weighted by Gasteiger charge is -2.36. The van der Waals surface area contributed by atoms with E-state index in [0.29, 0.717) is 37.8 Å². The second-order valence-electron chi connectivity index (χ2n) is 13.3. The highest BCUT2D eigenvalue weighted by atomic mass is 19.1. The first-order chi connectivity index (χ1) is 19.1. The maximum atomic E-state index is 13.4. The second-order valence-corrected chi connectivity index (χ2v) is 13.3. The number of unbranched alkanes of at least 4 members (excludes halogenated alkanes) is 8. The van der Waals surface area contributed by atoms with E-state index < -0.39 is 0 Å². The lowest BCUT2D eigenvalue weighted by atomic mass is 9.84. The number of hydrogen-bond donors (Lipinski definition) is 0. The highest BCUT2D eigenvalue weighted by molar-refractivity contribution is 5.76. The first-order valence-corrected chi connectivity index (χ1v) is 16.1. The van der Waals surface area contributed by atoms with Gasteiger partial charge in [-0.3, -0.25) is 14.5 Å². The van der Waals surface area contributed by atoms with E-state index in [2.05, 4.69) is 39.5 Å². The molecule has 2 amide bonds. The molecule has 40 heavy (non-hydrogen) atoms. The Labute approximate surface area is 244 Å². The molecule has 1 aliphatic rings. The Bertz CT molecular complexity index is 844. The predicted molar refractivity (Wildman–Crippen MR) is 165 cm³/mol. The molecule has 1 aromatic carbocycles. The monoisotopic (exact) mass is 559 g/mol. The molecule has 0 N–H and O–H groups in total.